The number of halogens is 1. The smallest absolute Gasteiger partial charge is 0.320 e. The highest BCUT2D eigenvalue weighted by Crippen LogP contribution is 2.26. The van der Waals surface area contributed by atoms with Gasteiger partial charge in [0.15, 0.2) is 17.0 Å². The Bertz CT molecular complexity index is 631. The number of hydrogen-bond donors (Lipinski definition) is 1. The number of rotatable bonds is 8. The first-order valence-corrected chi connectivity index (χ1v) is 7.94. The van der Waals surface area contributed by atoms with E-state index in [1.54, 1.807) is 7.11 Å². The molecular weight excluding hydrogens is 306 g/mol. The molecule has 7 nitrogen and oxygen atoms in total. The van der Waals surface area contributed by atoms with E-state index in [1.165, 1.54) is 0 Å². The molecule has 0 radical (unpaired) electrons. The lowest BCUT2D eigenvalue weighted by Crippen LogP contribution is -2.13. The maximum atomic E-state index is 5.98. The number of methoxy groups -OCH3 is 1. The number of anilines is 1. The Morgan fingerprint density at radius 2 is 2.05 bits per heavy atom. The lowest BCUT2D eigenvalue weighted by atomic mass is 10.3. The van der Waals surface area contributed by atoms with Gasteiger partial charge in [-0.15, -0.1) is 11.6 Å². The molecule has 0 saturated carbocycles. The Balaban J connectivity index is 2.41. The highest BCUT2D eigenvalue weighted by atomic mass is 35.5. The van der Waals surface area contributed by atoms with E-state index in [0.717, 1.165) is 19.3 Å². The van der Waals surface area contributed by atoms with E-state index in [4.69, 9.17) is 26.8 Å². The van der Waals surface area contributed by atoms with Crippen LogP contribution in [0.2, 0.25) is 0 Å². The first-order chi connectivity index (χ1) is 10.6. The van der Waals surface area contributed by atoms with Gasteiger partial charge < -0.3 is 15.2 Å². The molecule has 0 aliphatic rings. The van der Waals surface area contributed by atoms with Gasteiger partial charge in [-0.1, -0.05) is 6.92 Å². The molecule has 0 aliphatic carbocycles. The van der Waals surface area contributed by atoms with Gasteiger partial charge in [-0.05, 0) is 26.2 Å². The van der Waals surface area contributed by atoms with Crippen molar-refractivity contribution >= 4 is 28.6 Å². The largest absolute Gasteiger partial charge is 0.468 e. The average Bonchev–Trinajstić information content (AvgIpc) is 2.86. The van der Waals surface area contributed by atoms with Gasteiger partial charge in [0.25, 0.3) is 6.01 Å². The molecule has 2 aromatic rings. The van der Waals surface area contributed by atoms with Gasteiger partial charge in [-0.2, -0.15) is 15.0 Å². The molecule has 122 valence electrons. The van der Waals surface area contributed by atoms with Crippen molar-refractivity contribution in [2.45, 2.75) is 45.8 Å². The molecule has 2 rings (SSSR count). The Kier molecular flexibility index (Phi) is 5.65. The standard InChI is InChI=1S/C14H22ClN5O2/c1-4-9(2)22-13-18-11(16)10-12(19-13)20(8-6-5-7-15)14(17-10)21-3/h9H,4-8H2,1-3H3,(H2,16,18,19). The van der Waals surface area contributed by atoms with Crippen LogP contribution in [-0.4, -0.2) is 38.6 Å². The van der Waals surface area contributed by atoms with Crippen LogP contribution >= 0.6 is 11.6 Å². The van der Waals surface area contributed by atoms with Crippen LogP contribution in [-0.2, 0) is 6.54 Å². The van der Waals surface area contributed by atoms with Crippen molar-refractivity contribution in [3.63, 3.8) is 0 Å². The van der Waals surface area contributed by atoms with E-state index >= 15 is 0 Å². The fourth-order valence-electron chi connectivity index (χ4n) is 2.02. The number of aryl methyl sites for hydroxylation is 1. The number of alkyl halides is 1. The zero-order chi connectivity index (χ0) is 16.1. The summed E-state index contributed by atoms with van der Waals surface area (Å²) in [5.74, 6) is 0.909. The Labute approximate surface area is 134 Å². The van der Waals surface area contributed by atoms with Gasteiger partial charge in [-0.3, -0.25) is 4.57 Å². The zero-order valence-corrected chi connectivity index (χ0v) is 13.9. The maximum absolute atomic E-state index is 5.98. The van der Waals surface area contributed by atoms with Crippen LogP contribution in [0.25, 0.3) is 11.2 Å². The third kappa shape index (κ3) is 3.52. The fraction of sp³-hybridized carbons (Fsp3) is 0.643. The van der Waals surface area contributed by atoms with Crippen LogP contribution in [0, 0.1) is 0 Å². The molecule has 0 aliphatic heterocycles. The number of imidazole rings is 1. The van der Waals surface area contributed by atoms with Crippen LogP contribution in [0.4, 0.5) is 5.82 Å². The van der Waals surface area contributed by atoms with Gasteiger partial charge in [0, 0.05) is 12.4 Å². The molecule has 0 spiro atoms. The van der Waals surface area contributed by atoms with Crippen molar-refractivity contribution in [3.8, 4) is 12.0 Å². The number of nitrogens with zero attached hydrogens (tertiary/aromatic N) is 4. The minimum Gasteiger partial charge on any atom is -0.468 e. The van der Waals surface area contributed by atoms with Crippen LogP contribution < -0.4 is 15.2 Å². The normalized spacial score (nSPS) is 12.5. The number of nitrogen functional groups attached to an aromatic ring is 1. The van der Waals surface area contributed by atoms with Crippen LogP contribution in [0.1, 0.15) is 33.1 Å². The zero-order valence-electron chi connectivity index (χ0n) is 13.2. The van der Waals surface area contributed by atoms with Crippen molar-refractivity contribution in [3.05, 3.63) is 0 Å². The van der Waals surface area contributed by atoms with Gasteiger partial charge in [0.05, 0.1) is 13.2 Å². The summed E-state index contributed by atoms with van der Waals surface area (Å²) in [7, 11) is 1.57. The van der Waals surface area contributed by atoms with Crippen molar-refractivity contribution in [2.24, 2.45) is 0 Å². The van der Waals surface area contributed by atoms with Crippen LogP contribution in [0.3, 0.4) is 0 Å². The number of hydrogen-bond acceptors (Lipinski definition) is 6. The minimum atomic E-state index is 0.0198. The molecule has 1 unspecified atom stereocenters. The molecule has 2 aromatic heterocycles. The molecule has 8 heteroatoms. The summed E-state index contributed by atoms with van der Waals surface area (Å²) < 4.78 is 12.9. The number of unbranched alkanes of at least 4 members (excludes halogenated alkanes) is 1. The summed E-state index contributed by atoms with van der Waals surface area (Å²) in [5.41, 5.74) is 7.13. The van der Waals surface area contributed by atoms with E-state index in [0.29, 0.717) is 29.6 Å². The lowest BCUT2D eigenvalue weighted by molar-refractivity contribution is 0.200. The number of aromatic nitrogens is 4. The number of fused-ring (bicyclic) bond motifs is 1. The Hall–Kier alpha value is -1.76. The van der Waals surface area contributed by atoms with E-state index in [9.17, 15) is 0 Å². The molecule has 0 amide bonds. The molecule has 22 heavy (non-hydrogen) atoms. The minimum absolute atomic E-state index is 0.0198. The monoisotopic (exact) mass is 327 g/mol. The molecular formula is C14H22ClN5O2. The maximum Gasteiger partial charge on any atom is 0.320 e. The summed E-state index contributed by atoms with van der Waals surface area (Å²) >= 11 is 5.74. The Morgan fingerprint density at radius 1 is 1.27 bits per heavy atom. The van der Waals surface area contributed by atoms with Crippen molar-refractivity contribution in [1.29, 1.82) is 0 Å². The van der Waals surface area contributed by atoms with Crippen molar-refractivity contribution < 1.29 is 9.47 Å². The molecule has 2 N–H and O–H groups in total. The highest BCUT2D eigenvalue weighted by Gasteiger charge is 2.18. The van der Waals surface area contributed by atoms with Gasteiger partial charge in [0.2, 0.25) is 0 Å². The Morgan fingerprint density at radius 3 is 2.68 bits per heavy atom. The highest BCUT2D eigenvalue weighted by molar-refractivity contribution is 6.17. The van der Waals surface area contributed by atoms with Crippen LogP contribution in [0.15, 0.2) is 0 Å². The summed E-state index contributed by atoms with van der Waals surface area (Å²) in [5, 5.41) is 0. The van der Waals surface area contributed by atoms with E-state index in [1.807, 2.05) is 18.4 Å². The topological polar surface area (TPSA) is 88.1 Å². The van der Waals surface area contributed by atoms with Crippen molar-refractivity contribution in [2.75, 3.05) is 18.7 Å². The predicted molar refractivity (Wildman–Crippen MR) is 86.6 cm³/mol. The predicted octanol–water partition coefficient (Wildman–Crippen LogP) is 2.61. The average molecular weight is 328 g/mol. The van der Waals surface area contributed by atoms with Gasteiger partial charge in [-0.25, -0.2) is 0 Å². The molecule has 2 heterocycles. The first-order valence-electron chi connectivity index (χ1n) is 7.41. The molecule has 0 aromatic carbocycles. The summed E-state index contributed by atoms with van der Waals surface area (Å²) in [4.78, 5) is 13.0. The third-order valence-electron chi connectivity index (χ3n) is 3.40. The summed E-state index contributed by atoms with van der Waals surface area (Å²) in [6.07, 6.45) is 2.68. The third-order valence-corrected chi connectivity index (χ3v) is 3.66. The molecule has 0 bridgehead atoms. The number of nitrogens with two attached hydrogens (primary N) is 1. The number of ether oxygens (including phenoxy) is 2. The summed E-state index contributed by atoms with van der Waals surface area (Å²) in [6.45, 7) is 4.69. The second-order valence-electron chi connectivity index (χ2n) is 5.05. The SMILES string of the molecule is CCC(C)Oc1nc(N)c2nc(OC)n(CCCCCl)c2n1. The second kappa shape index (κ2) is 7.49. The van der Waals surface area contributed by atoms with Crippen LogP contribution in [0.5, 0.6) is 12.0 Å². The van der Waals surface area contributed by atoms with E-state index in [-0.39, 0.29) is 17.9 Å². The van der Waals surface area contributed by atoms with E-state index < -0.39 is 0 Å². The first kappa shape index (κ1) is 16.6. The summed E-state index contributed by atoms with van der Waals surface area (Å²) in [6, 6.07) is 0.728. The fourth-order valence-corrected chi connectivity index (χ4v) is 2.21. The van der Waals surface area contributed by atoms with Crippen molar-refractivity contribution in [1.82, 2.24) is 19.5 Å². The molecule has 1 atom stereocenters. The van der Waals surface area contributed by atoms with E-state index in [2.05, 4.69) is 15.0 Å². The molecule has 0 fully saturated rings. The second-order valence-corrected chi connectivity index (χ2v) is 5.42. The molecule has 0 saturated heterocycles. The lowest BCUT2D eigenvalue weighted by Gasteiger charge is -2.11. The van der Waals surface area contributed by atoms with Gasteiger partial charge >= 0.3 is 6.01 Å². The quantitative estimate of drug-likeness (QED) is 0.592. The van der Waals surface area contributed by atoms with Gasteiger partial charge in [0.1, 0.15) is 0 Å².